The number of carbonyl (C=O) groups excluding carboxylic acids is 1. The molecule has 0 bridgehead atoms. The van der Waals surface area contributed by atoms with Crippen molar-refractivity contribution < 1.29 is 4.79 Å². The average molecular weight is 250 g/mol. The lowest BCUT2D eigenvalue weighted by Gasteiger charge is -2.11. The lowest BCUT2D eigenvalue weighted by atomic mass is 10.0. The topological polar surface area (TPSA) is 55.1 Å². The van der Waals surface area contributed by atoms with Crippen LogP contribution in [0.1, 0.15) is 24.3 Å². The molecule has 1 aliphatic heterocycles. The predicted octanol–water partition coefficient (Wildman–Crippen LogP) is 1.73. The monoisotopic (exact) mass is 250 g/mol. The summed E-state index contributed by atoms with van der Waals surface area (Å²) in [5, 5.41) is 3.40. The minimum absolute atomic E-state index is 0.214. The number of benzene rings is 1. The highest BCUT2D eigenvalue weighted by Crippen LogP contribution is 2.38. The van der Waals surface area contributed by atoms with Crippen molar-refractivity contribution in [2.24, 2.45) is 5.73 Å². The van der Waals surface area contributed by atoms with E-state index in [1.807, 2.05) is 11.8 Å². The molecule has 2 rings (SSSR count). The number of nitrogens with two attached hydrogens (primary N) is 1. The van der Waals surface area contributed by atoms with Gasteiger partial charge in [0.2, 0.25) is 5.91 Å². The van der Waals surface area contributed by atoms with E-state index in [0.29, 0.717) is 12.3 Å². The van der Waals surface area contributed by atoms with Gasteiger partial charge in [-0.15, -0.1) is 11.8 Å². The summed E-state index contributed by atoms with van der Waals surface area (Å²) >= 11 is 1.93. The van der Waals surface area contributed by atoms with Crippen LogP contribution in [0.25, 0.3) is 0 Å². The molecule has 0 aromatic heterocycles. The van der Waals surface area contributed by atoms with Gasteiger partial charge in [-0.3, -0.25) is 4.79 Å². The lowest BCUT2D eigenvalue weighted by molar-refractivity contribution is -0.118. The molecule has 92 valence electrons. The quantitative estimate of drug-likeness (QED) is 0.756. The van der Waals surface area contributed by atoms with Crippen LogP contribution in [0.15, 0.2) is 29.2 Å². The van der Waals surface area contributed by atoms with Crippen molar-refractivity contribution in [3.63, 3.8) is 0 Å². The van der Waals surface area contributed by atoms with Gasteiger partial charge in [-0.2, -0.15) is 0 Å². The van der Waals surface area contributed by atoms with E-state index in [-0.39, 0.29) is 5.91 Å². The molecule has 0 radical (unpaired) electrons. The summed E-state index contributed by atoms with van der Waals surface area (Å²) < 4.78 is 0. The standard InChI is InChI=1S/C13H18N2OS/c14-13(16)6-3-7-15-8-10-9-17-12-5-2-1-4-11(10)12/h1-2,4-5,10,15H,3,6-9H2,(H2,14,16). The van der Waals surface area contributed by atoms with Crippen molar-refractivity contribution in [3.05, 3.63) is 29.8 Å². The molecule has 1 amide bonds. The Morgan fingerprint density at radius 1 is 1.47 bits per heavy atom. The van der Waals surface area contributed by atoms with Crippen LogP contribution < -0.4 is 11.1 Å². The molecule has 17 heavy (non-hydrogen) atoms. The van der Waals surface area contributed by atoms with Gasteiger partial charge in [0, 0.05) is 29.5 Å². The Bertz CT molecular complexity index is 395. The first-order chi connectivity index (χ1) is 8.27. The highest BCUT2D eigenvalue weighted by Gasteiger charge is 2.21. The van der Waals surface area contributed by atoms with Gasteiger partial charge in [-0.1, -0.05) is 18.2 Å². The van der Waals surface area contributed by atoms with Crippen LogP contribution in [0.3, 0.4) is 0 Å². The van der Waals surface area contributed by atoms with Crippen LogP contribution in [0.4, 0.5) is 0 Å². The largest absolute Gasteiger partial charge is 0.370 e. The molecule has 3 N–H and O–H groups in total. The first-order valence-corrected chi connectivity index (χ1v) is 6.96. The Hall–Kier alpha value is -1.00. The molecule has 0 fully saturated rings. The molecule has 1 atom stereocenters. The summed E-state index contributed by atoms with van der Waals surface area (Å²) in [6, 6.07) is 8.59. The number of primary amides is 1. The fourth-order valence-corrected chi connectivity index (χ4v) is 3.32. The van der Waals surface area contributed by atoms with Crippen molar-refractivity contribution in [1.29, 1.82) is 0 Å². The van der Waals surface area contributed by atoms with Gasteiger partial charge in [0.25, 0.3) is 0 Å². The van der Waals surface area contributed by atoms with E-state index in [1.54, 1.807) is 0 Å². The maximum absolute atomic E-state index is 10.6. The third kappa shape index (κ3) is 3.48. The number of nitrogens with one attached hydrogen (secondary N) is 1. The van der Waals surface area contributed by atoms with E-state index in [2.05, 4.69) is 29.6 Å². The summed E-state index contributed by atoms with van der Waals surface area (Å²) in [4.78, 5) is 12.0. The van der Waals surface area contributed by atoms with E-state index in [4.69, 9.17) is 5.73 Å². The summed E-state index contributed by atoms with van der Waals surface area (Å²) in [7, 11) is 0. The first kappa shape index (κ1) is 12.5. The number of hydrogen-bond acceptors (Lipinski definition) is 3. The number of amides is 1. The van der Waals surface area contributed by atoms with Crippen molar-refractivity contribution in [3.8, 4) is 0 Å². The summed E-state index contributed by atoms with van der Waals surface area (Å²) in [5.41, 5.74) is 6.55. The van der Waals surface area contributed by atoms with Gasteiger partial charge >= 0.3 is 0 Å². The zero-order valence-electron chi connectivity index (χ0n) is 9.82. The molecule has 1 aromatic carbocycles. The van der Waals surface area contributed by atoms with E-state index in [0.717, 1.165) is 25.3 Å². The molecule has 1 aliphatic rings. The number of thioether (sulfide) groups is 1. The minimum atomic E-state index is -0.214. The zero-order valence-corrected chi connectivity index (χ0v) is 10.6. The molecule has 0 saturated heterocycles. The van der Waals surface area contributed by atoms with Crippen molar-refractivity contribution in [2.45, 2.75) is 23.7 Å². The van der Waals surface area contributed by atoms with Gasteiger partial charge in [0.05, 0.1) is 0 Å². The van der Waals surface area contributed by atoms with Gasteiger partial charge in [-0.25, -0.2) is 0 Å². The van der Waals surface area contributed by atoms with Crippen LogP contribution in [-0.4, -0.2) is 24.7 Å². The van der Waals surface area contributed by atoms with Crippen LogP contribution in [0.5, 0.6) is 0 Å². The second-order valence-corrected chi connectivity index (χ2v) is 5.38. The fourth-order valence-electron chi connectivity index (χ4n) is 2.06. The van der Waals surface area contributed by atoms with Gasteiger partial charge in [0.1, 0.15) is 0 Å². The van der Waals surface area contributed by atoms with Gasteiger partial charge in [0.15, 0.2) is 0 Å². The van der Waals surface area contributed by atoms with Gasteiger partial charge in [-0.05, 0) is 24.6 Å². The van der Waals surface area contributed by atoms with E-state index >= 15 is 0 Å². The van der Waals surface area contributed by atoms with Crippen molar-refractivity contribution >= 4 is 17.7 Å². The second kappa shape index (κ2) is 6.07. The Kier molecular flexibility index (Phi) is 4.45. The molecule has 1 heterocycles. The van der Waals surface area contributed by atoms with E-state index < -0.39 is 0 Å². The van der Waals surface area contributed by atoms with Crippen molar-refractivity contribution in [1.82, 2.24) is 5.32 Å². The maximum Gasteiger partial charge on any atom is 0.217 e. The molecule has 0 spiro atoms. The molecule has 0 aliphatic carbocycles. The highest BCUT2D eigenvalue weighted by molar-refractivity contribution is 7.99. The van der Waals surface area contributed by atoms with Crippen LogP contribution in [0.2, 0.25) is 0 Å². The summed E-state index contributed by atoms with van der Waals surface area (Å²) in [5.74, 6) is 1.54. The van der Waals surface area contributed by atoms with Crippen molar-refractivity contribution in [2.75, 3.05) is 18.8 Å². The normalized spacial score (nSPS) is 18.0. The summed E-state index contributed by atoms with van der Waals surface area (Å²) in [6.45, 7) is 1.86. The lowest BCUT2D eigenvalue weighted by Crippen LogP contribution is -2.23. The predicted molar refractivity (Wildman–Crippen MR) is 71.2 cm³/mol. The average Bonchev–Trinajstić information content (AvgIpc) is 2.72. The second-order valence-electron chi connectivity index (χ2n) is 4.32. The highest BCUT2D eigenvalue weighted by atomic mass is 32.2. The minimum Gasteiger partial charge on any atom is -0.370 e. The van der Waals surface area contributed by atoms with Crippen LogP contribution >= 0.6 is 11.8 Å². The molecule has 0 saturated carbocycles. The van der Waals surface area contributed by atoms with Crippen LogP contribution in [0, 0.1) is 0 Å². The third-order valence-corrected chi connectivity index (χ3v) is 4.22. The molecular weight excluding hydrogens is 232 g/mol. The zero-order chi connectivity index (χ0) is 12.1. The maximum atomic E-state index is 10.6. The molecular formula is C13H18N2OS. The number of hydrogen-bond donors (Lipinski definition) is 2. The SMILES string of the molecule is NC(=O)CCCNCC1CSc2ccccc21. The fraction of sp³-hybridized carbons (Fsp3) is 0.462. The molecule has 1 aromatic rings. The van der Waals surface area contributed by atoms with Gasteiger partial charge < -0.3 is 11.1 Å². The Balaban J connectivity index is 1.73. The Morgan fingerprint density at radius 3 is 3.12 bits per heavy atom. The first-order valence-electron chi connectivity index (χ1n) is 5.98. The number of fused-ring (bicyclic) bond motifs is 1. The molecule has 4 heteroatoms. The smallest absolute Gasteiger partial charge is 0.217 e. The molecule has 3 nitrogen and oxygen atoms in total. The Morgan fingerprint density at radius 2 is 2.29 bits per heavy atom. The molecule has 1 unspecified atom stereocenters. The number of rotatable bonds is 6. The third-order valence-electron chi connectivity index (χ3n) is 2.97. The van der Waals surface area contributed by atoms with E-state index in [1.165, 1.54) is 10.5 Å². The number of carbonyl (C=O) groups is 1. The van der Waals surface area contributed by atoms with E-state index in [9.17, 15) is 4.79 Å². The summed E-state index contributed by atoms with van der Waals surface area (Å²) in [6.07, 6.45) is 1.31. The van der Waals surface area contributed by atoms with Crippen LogP contribution in [-0.2, 0) is 4.79 Å². The Labute approximate surface area is 106 Å².